The first kappa shape index (κ1) is 10.1. The highest BCUT2D eigenvalue weighted by atomic mass is 16.3. The van der Waals surface area contributed by atoms with Crippen LogP contribution < -0.4 is 0 Å². The van der Waals surface area contributed by atoms with Gasteiger partial charge in [0.1, 0.15) is 11.9 Å². The average Bonchev–Trinajstić information content (AvgIpc) is 2.82. The summed E-state index contributed by atoms with van der Waals surface area (Å²) in [5, 5.41) is 10.2. The Bertz CT molecular complexity index is 598. The van der Waals surface area contributed by atoms with E-state index in [9.17, 15) is 5.11 Å². The quantitative estimate of drug-likeness (QED) is 0.703. The maximum Gasteiger partial charge on any atom is 0.140 e. The fourth-order valence-electron chi connectivity index (χ4n) is 1.90. The zero-order valence-corrected chi connectivity index (χ0v) is 9.17. The average molecular weight is 224 g/mol. The van der Waals surface area contributed by atoms with E-state index in [-0.39, 0.29) is 0 Å². The SMILES string of the molecule is O[C@@H](c1ccccc1)c1nc2ccccc2[nH]1. The molecular formula is C14H12N2O. The number of aromatic amines is 1. The van der Waals surface area contributed by atoms with Crippen LogP contribution in [0.25, 0.3) is 11.0 Å². The lowest BCUT2D eigenvalue weighted by Crippen LogP contribution is -2.01. The molecule has 0 saturated carbocycles. The number of para-hydroxylation sites is 2. The molecule has 0 saturated heterocycles. The van der Waals surface area contributed by atoms with Crippen molar-refractivity contribution in [2.24, 2.45) is 0 Å². The molecule has 1 heterocycles. The molecule has 0 amide bonds. The third kappa shape index (κ3) is 1.81. The molecule has 0 bridgehead atoms. The molecule has 1 aromatic heterocycles. The van der Waals surface area contributed by atoms with Crippen LogP contribution >= 0.6 is 0 Å². The van der Waals surface area contributed by atoms with Gasteiger partial charge in [0.05, 0.1) is 11.0 Å². The molecule has 3 heteroatoms. The molecule has 17 heavy (non-hydrogen) atoms. The van der Waals surface area contributed by atoms with Crippen molar-refractivity contribution in [3.05, 3.63) is 66.0 Å². The number of rotatable bonds is 2. The zero-order valence-electron chi connectivity index (χ0n) is 9.17. The van der Waals surface area contributed by atoms with Crippen molar-refractivity contribution in [1.82, 2.24) is 9.97 Å². The maximum absolute atomic E-state index is 10.2. The fraction of sp³-hybridized carbons (Fsp3) is 0.0714. The van der Waals surface area contributed by atoms with Crippen LogP contribution in [0, 0.1) is 0 Å². The van der Waals surface area contributed by atoms with E-state index < -0.39 is 6.10 Å². The number of nitrogens with one attached hydrogen (secondary N) is 1. The van der Waals surface area contributed by atoms with Crippen LogP contribution in [0.5, 0.6) is 0 Å². The van der Waals surface area contributed by atoms with E-state index in [0.717, 1.165) is 16.6 Å². The summed E-state index contributed by atoms with van der Waals surface area (Å²) in [4.78, 5) is 7.52. The number of imidazole rings is 1. The maximum atomic E-state index is 10.2. The van der Waals surface area contributed by atoms with Gasteiger partial charge in [-0.3, -0.25) is 0 Å². The summed E-state index contributed by atoms with van der Waals surface area (Å²) in [5.41, 5.74) is 2.65. The lowest BCUT2D eigenvalue weighted by molar-refractivity contribution is 0.211. The van der Waals surface area contributed by atoms with Crippen molar-refractivity contribution in [2.45, 2.75) is 6.10 Å². The van der Waals surface area contributed by atoms with Gasteiger partial charge in [-0.2, -0.15) is 0 Å². The van der Waals surface area contributed by atoms with Gasteiger partial charge < -0.3 is 10.1 Å². The largest absolute Gasteiger partial charge is 0.380 e. The topological polar surface area (TPSA) is 48.9 Å². The Morgan fingerprint density at radius 3 is 2.41 bits per heavy atom. The van der Waals surface area contributed by atoms with Gasteiger partial charge in [0.2, 0.25) is 0 Å². The van der Waals surface area contributed by atoms with Gasteiger partial charge in [0.25, 0.3) is 0 Å². The van der Waals surface area contributed by atoms with Crippen molar-refractivity contribution < 1.29 is 5.11 Å². The Morgan fingerprint density at radius 1 is 0.941 bits per heavy atom. The number of hydrogen-bond acceptors (Lipinski definition) is 2. The second-order valence-electron chi connectivity index (χ2n) is 3.95. The summed E-state index contributed by atoms with van der Waals surface area (Å²) < 4.78 is 0. The number of nitrogens with zero attached hydrogens (tertiary/aromatic N) is 1. The normalized spacial score (nSPS) is 12.8. The summed E-state index contributed by atoms with van der Waals surface area (Å²) in [7, 11) is 0. The van der Waals surface area contributed by atoms with E-state index in [0.29, 0.717) is 5.82 Å². The van der Waals surface area contributed by atoms with E-state index >= 15 is 0 Å². The van der Waals surface area contributed by atoms with Crippen molar-refractivity contribution >= 4 is 11.0 Å². The molecule has 1 atom stereocenters. The number of benzene rings is 2. The molecule has 2 N–H and O–H groups in total. The molecule has 84 valence electrons. The Labute approximate surface area is 98.8 Å². The highest BCUT2D eigenvalue weighted by Gasteiger charge is 2.13. The first-order valence-corrected chi connectivity index (χ1v) is 5.52. The molecule has 3 aromatic rings. The minimum Gasteiger partial charge on any atom is -0.380 e. The predicted molar refractivity (Wildman–Crippen MR) is 66.6 cm³/mol. The number of H-pyrrole nitrogens is 1. The molecule has 0 unspecified atom stereocenters. The van der Waals surface area contributed by atoms with Crippen LogP contribution in [0.1, 0.15) is 17.5 Å². The Balaban J connectivity index is 2.04. The number of aliphatic hydroxyl groups is 1. The van der Waals surface area contributed by atoms with Gasteiger partial charge in [0, 0.05) is 0 Å². The second kappa shape index (κ2) is 4.03. The number of fused-ring (bicyclic) bond motifs is 1. The van der Waals surface area contributed by atoms with Crippen LogP contribution in [0.15, 0.2) is 54.6 Å². The Kier molecular flexibility index (Phi) is 2.38. The zero-order chi connectivity index (χ0) is 11.7. The van der Waals surface area contributed by atoms with E-state index in [2.05, 4.69) is 9.97 Å². The molecule has 0 aliphatic rings. The molecule has 0 aliphatic heterocycles. The number of hydrogen-bond donors (Lipinski definition) is 2. The standard InChI is InChI=1S/C14H12N2O/c17-13(10-6-2-1-3-7-10)14-15-11-8-4-5-9-12(11)16-14/h1-9,13,17H,(H,15,16)/t13-/m0/s1. The molecule has 0 aliphatic carbocycles. The van der Waals surface area contributed by atoms with Gasteiger partial charge >= 0.3 is 0 Å². The molecule has 0 spiro atoms. The van der Waals surface area contributed by atoms with Gasteiger partial charge in [-0.25, -0.2) is 4.98 Å². The predicted octanol–water partition coefficient (Wildman–Crippen LogP) is 2.64. The molecule has 0 radical (unpaired) electrons. The van der Waals surface area contributed by atoms with Crippen LogP contribution in [-0.4, -0.2) is 15.1 Å². The minimum absolute atomic E-state index is 0.581. The second-order valence-corrected chi connectivity index (χ2v) is 3.95. The minimum atomic E-state index is -0.705. The van der Waals surface area contributed by atoms with Crippen LogP contribution in [0.2, 0.25) is 0 Å². The van der Waals surface area contributed by atoms with Gasteiger partial charge in [-0.1, -0.05) is 42.5 Å². The summed E-state index contributed by atoms with van der Waals surface area (Å²) in [6, 6.07) is 17.3. The smallest absolute Gasteiger partial charge is 0.140 e. The fourth-order valence-corrected chi connectivity index (χ4v) is 1.90. The van der Waals surface area contributed by atoms with E-state index in [1.54, 1.807) is 0 Å². The van der Waals surface area contributed by atoms with Crippen molar-refractivity contribution in [2.75, 3.05) is 0 Å². The third-order valence-corrected chi connectivity index (χ3v) is 2.78. The van der Waals surface area contributed by atoms with Crippen LogP contribution in [0.4, 0.5) is 0 Å². The molecule has 0 fully saturated rings. The first-order valence-electron chi connectivity index (χ1n) is 5.52. The van der Waals surface area contributed by atoms with Crippen molar-refractivity contribution in [3.63, 3.8) is 0 Å². The Hall–Kier alpha value is -2.13. The monoisotopic (exact) mass is 224 g/mol. The summed E-state index contributed by atoms with van der Waals surface area (Å²) in [6.07, 6.45) is -0.705. The highest BCUT2D eigenvalue weighted by molar-refractivity contribution is 5.74. The van der Waals surface area contributed by atoms with E-state index in [1.165, 1.54) is 0 Å². The first-order chi connectivity index (χ1) is 8.34. The summed E-state index contributed by atoms with van der Waals surface area (Å²) in [6.45, 7) is 0. The van der Waals surface area contributed by atoms with Crippen molar-refractivity contribution in [3.8, 4) is 0 Å². The van der Waals surface area contributed by atoms with Crippen LogP contribution in [-0.2, 0) is 0 Å². The van der Waals surface area contributed by atoms with Crippen LogP contribution in [0.3, 0.4) is 0 Å². The number of aliphatic hydroxyl groups excluding tert-OH is 1. The van der Waals surface area contributed by atoms with Gasteiger partial charge in [0.15, 0.2) is 0 Å². The highest BCUT2D eigenvalue weighted by Crippen LogP contribution is 2.21. The van der Waals surface area contributed by atoms with E-state index in [4.69, 9.17) is 0 Å². The molecule has 3 nitrogen and oxygen atoms in total. The van der Waals surface area contributed by atoms with Crippen molar-refractivity contribution in [1.29, 1.82) is 0 Å². The third-order valence-electron chi connectivity index (χ3n) is 2.78. The van der Waals surface area contributed by atoms with E-state index in [1.807, 2.05) is 54.6 Å². The Morgan fingerprint density at radius 2 is 1.65 bits per heavy atom. The lowest BCUT2D eigenvalue weighted by Gasteiger charge is -2.06. The lowest BCUT2D eigenvalue weighted by atomic mass is 10.1. The molecule has 3 rings (SSSR count). The summed E-state index contributed by atoms with van der Waals surface area (Å²) >= 11 is 0. The van der Waals surface area contributed by atoms with Gasteiger partial charge in [-0.05, 0) is 17.7 Å². The molecular weight excluding hydrogens is 212 g/mol. The number of aromatic nitrogens is 2. The summed E-state index contributed by atoms with van der Waals surface area (Å²) in [5.74, 6) is 0.581. The van der Waals surface area contributed by atoms with Gasteiger partial charge in [-0.15, -0.1) is 0 Å². The molecule has 2 aromatic carbocycles.